The average molecular weight is 360 g/mol. The number of aromatic nitrogens is 2. The highest BCUT2D eigenvalue weighted by Crippen LogP contribution is 2.27. The minimum absolute atomic E-state index is 0.0149. The number of aromatic carboxylic acids is 2. The number of pyridine rings is 2. The molecule has 0 unspecified atom stereocenters. The quantitative estimate of drug-likeness (QED) is 0.566. The fourth-order valence-electron chi connectivity index (χ4n) is 2.71. The molecule has 4 rings (SSSR count). The van der Waals surface area contributed by atoms with Crippen molar-refractivity contribution < 1.29 is 24.5 Å². The lowest BCUT2D eigenvalue weighted by atomic mass is 10.2. The second-order valence-corrected chi connectivity index (χ2v) is 5.81. The summed E-state index contributed by atoms with van der Waals surface area (Å²) >= 11 is 0. The molecule has 2 aromatic carbocycles. The maximum atomic E-state index is 11.0. The van der Waals surface area contributed by atoms with Gasteiger partial charge in [0.05, 0.1) is 11.0 Å². The summed E-state index contributed by atoms with van der Waals surface area (Å²) in [7, 11) is 0. The number of hydrogen-bond acceptors (Lipinski definition) is 5. The third kappa shape index (κ3) is 3.25. The number of rotatable bonds is 4. The van der Waals surface area contributed by atoms with Crippen molar-refractivity contribution in [3.05, 3.63) is 72.1 Å². The molecule has 0 aliphatic heterocycles. The fraction of sp³-hybridized carbons (Fsp3) is 0. The molecule has 2 N–H and O–H groups in total. The molecule has 0 amide bonds. The predicted octanol–water partition coefficient (Wildman–Crippen LogP) is 3.97. The number of carboxylic acid groups (broad SMARTS) is 2. The summed E-state index contributed by atoms with van der Waals surface area (Å²) < 4.78 is 5.86. The summed E-state index contributed by atoms with van der Waals surface area (Å²) in [6, 6.07) is 16.6. The van der Waals surface area contributed by atoms with Gasteiger partial charge in [-0.3, -0.25) is 0 Å². The van der Waals surface area contributed by atoms with Gasteiger partial charge in [0.1, 0.15) is 22.9 Å². The Labute approximate surface area is 152 Å². The first-order valence-corrected chi connectivity index (χ1v) is 7.96. The molecular weight excluding hydrogens is 348 g/mol. The van der Waals surface area contributed by atoms with E-state index >= 15 is 0 Å². The van der Waals surface area contributed by atoms with Gasteiger partial charge < -0.3 is 14.9 Å². The Kier molecular flexibility index (Phi) is 3.89. The van der Waals surface area contributed by atoms with Crippen LogP contribution >= 0.6 is 0 Å². The lowest BCUT2D eigenvalue weighted by Gasteiger charge is -2.08. The molecule has 0 radical (unpaired) electrons. The van der Waals surface area contributed by atoms with Crippen LogP contribution in [0.4, 0.5) is 0 Å². The Hall–Kier alpha value is -4.00. The van der Waals surface area contributed by atoms with Gasteiger partial charge in [-0.1, -0.05) is 12.1 Å². The molecule has 27 heavy (non-hydrogen) atoms. The van der Waals surface area contributed by atoms with E-state index in [1.807, 2.05) is 0 Å². The van der Waals surface area contributed by atoms with E-state index in [0.29, 0.717) is 22.5 Å². The van der Waals surface area contributed by atoms with E-state index < -0.39 is 11.9 Å². The van der Waals surface area contributed by atoms with Crippen LogP contribution in [0.15, 0.2) is 60.7 Å². The topological polar surface area (TPSA) is 110 Å². The highest BCUT2D eigenvalue weighted by Gasteiger charge is 2.08. The van der Waals surface area contributed by atoms with E-state index in [1.54, 1.807) is 48.5 Å². The van der Waals surface area contributed by atoms with Crippen molar-refractivity contribution in [1.29, 1.82) is 0 Å². The zero-order chi connectivity index (χ0) is 19.0. The van der Waals surface area contributed by atoms with Gasteiger partial charge >= 0.3 is 11.9 Å². The van der Waals surface area contributed by atoms with Crippen molar-refractivity contribution in [3.8, 4) is 11.5 Å². The smallest absolute Gasteiger partial charge is 0.354 e. The Morgan fingerprint density at radius 1 is 0.667 bits per heavy atom. The van der Waals surface area contributed by atoms with Gasteiger partial charge in [0.15, 0.2) is 0 Å². The molecule has 0 aliphatic rings. The molecule has 0 saturated carbocycles. The van der Waals surface area contributed by atoms with Crippen LogP contribution in [0.25, 0.3) is 21.8 Å². The third-order valence-corrected chi connectivity index (χ3v) is 4.00. The van der Waals surface area contributed by atoms with Crippen molar-refractivity contribution in [1.82, 2.24) is 9.97 Å². The normalized spacial score (nSPS) is 10.8. The summed E-state index contributed by atoms with van der Waals surface area (Å²) in [5, 5.41) is 19.5. The summed E-state index contributed by atoms with van der Waals surface area (Å²) in [5.74, 6) is -1.01. The van der Waals surface area contributed by atoms with Gasteiger partial charge in [-0.05, 0) is 48.5 Å². The van der Waals surface area contributed by atoms with E-state index in [1.165, 1.54) is 12.1 Å². The Morgan fingerprint density at radius 3 is 1.52 bits per heavy atom. The Bertz CT molecular complexity index is 1120. The number of benzene rings is 2. The van der Waals surface area contributed by atoms with Gasteiger partial charge in [0.25, 0.3) is 0 Å². The number of hydrogen-bond donors (Lipinski definition) is 2. The van der Waals surface area contributed by atoms with Crippen LogP contribution < -0.4 is 4.74 Å². The van der Waals surface area contributed by atoms with Crippen LogP contribution in [0.5, 0.6) is 11.5 Å². The van der Waals surface area contributed by atoms with E-state index in [0.717, 1.165) is 10.8 Å². The monoisotopic (exact) mass is 360 g/mol. The minimum atomic E-state index is -1.08. The molecule has 0 aliphatic carbocycles. The second-order valence-electron chi connectivity index (χ2n) is 5.81. The highest BCUT2D eigenvalue weighted by atomic mass is 16.5. The largest absolute Gasteiger partial charge is 0.477 e. The van der Waals surface area contributed by atoms with Gasteiger partial charge in [0.2, 0.25) is 0 Å². The molecule has 0 saturated heterocycles. The van der Waals surface area contributed by atoms with Crippen LogP contribution in [0, 0.1) is 0 Å². The minimum Gasteiger partial charge on any atom is -0.477 e. The van der Waals surface area contributed by atoms with Crippen molar-refractivity contribution in [2.75, 3.05) is 0 Å². The number of fused-ring (bicyclic) bond motifs is 2. The molecule has 0 bridgehead atoms. The summed E-state index contributed by atoms with van der Waals surface area (Å²) in [5.41, 5.74) is 1.09. The molecule has 0 atom stereocenters. The number of carbonyl (C=O) groups is 2. The van der Waals surface area contributed by atoms with Crippen LogP contribution in [0.3, 0.4) is 0 Å². The molecule has 7 heteroatoms. The first-order valence-electron chi connectivity index (χ1n) is 7.96. The SMILES string of the molecule is O=C(O)c1ccc2cc(Oc3ccc4nc(C(=O)O)ccc4c3)ccc2n1. The molecular formula is C20H12N2O5. The van der Waals surface area contributed by atoms with Crippen LogP contribution in [0.2, 0.25) is 0 Å². The number of nitrogens with zero attached hydrogens (tertiary/aromatic N) is 2. The van der Waals surface area contributed by atoms with Gasteiger partial charge in [-0.15, -0.1) is 0 Å². The van der Waals surface area contributed by atoms with E-state index in [-0.39, 0.29) is 11.4 Å². The van der Waals surface area contributed by atoms with Crippen molar-refractivity contribution in [2.24, 2.45) is 0 Å². The average Bonchev–Trinajstić information content (AvgIpc) is 2.67. The standard InChI is InChI=1S/C20H12N2O5/c23-19(24)17-5-1-11-9-13(3-7-15(11)21-17)27-14-4-8-16-12(10-14)2-6-18(22-16)20(25)26/h1-10H,(H,23,24)(H,25,26). The fourth-order valence-corrected chi connectivity index (χ4v) is 2.71. The molecule has 0 spiro atoms. The highest BCUT2D eigenvalue weighted by molar-refractivity contribution is 5.91. The van der Waals surface area contributed by atoms with Gasteiger partial charge in [-0.2, -0.15) is 0 Å². The van der Waals surface area contributed by atoms with Crippen molar-refractivity contribution in [2.45, 2.75) is 0 Å². The van der Waals surface area contributed by atoms with Crippen LogP contribution in [-0.2, 0) is 0 Å². The zero-order valence-corrected chi connectivity index (χ0v) is 13.8. The van der Waals surface area contributed by atoms with Gasteiger partial charge in [-0.25, -0.2) is 19.6 Å². The maximum absolute atomic E-state index is 11.0. The molecule has 132 valence electrons. The first kappa shape index (κ1) is 16.5. The van der Waals surface area contributed by atoms with E-state index in [9.17, 15) is 9.59 Å². The third-order valence-electron chi connectivity index (χ3n) is 4.00. The van der Waals surface area contributed by atoms with Crippen LogP contribution in [0.1, 0.15) is 21.0 Å². The summed E-state index contributed by atoms with van der Waals surface area (Å²) in [6.45, 7) is 0. The zero-order valence-electron chi connectivity index (χ0n) is 13.8. The lowest BCUT2D eigenvalue weighted by molar-refractivity contribution is 0.0680. The van der Waals surface area contributed by atoms with Crippen molar-refractivity contribution >= 4 is 33.7 Å². The molecule has 4 aromatic rings. The summed E-state index contributed by atoms with van der Waals surface area (Å²) in [4.78, 5) is 30.1. The maximum Gasteiger partial charge on any atom is 0.354 e. The predicted molar refractivity (Wildman–Crippen MR) is 97.5 cm³/mol. The van der Waals surface area contributed by atoms with Gasteiger partial charge in [0, 0.05) is 10.8 Å². The Morgan fingerprint density at radius 2 is 1.11 bits per heavy atom. The first-order chi connectivity index (χ1) is 13.0. The van der Waals surface area contributed by atoms with Crippen molar-refractivity contribution in [3.63, 3.8) is 0 Å². The number of carboxylic acids is 2. The second kappa shape index (κ2) is 6.38. The molecule has 7 nitrogen and oxygen atoms in total. The molecule has 2 aromatic heterocycles. The summed E-state index contributed by atoms with van der Waals surface area (Å²) in [6.07, 6.45) is 0. The van der Waals surface area contributed by atoms with E-state index in [2.05, 4.69) is 9.97 Å². The molecule has 0 fully saturated rings. The number of ether oxygens (including phenoxy) is 1. The van der Waals surface area contributed by atoms with E-state index in [4.69, 9.17) is 14.9 Å². The molecule has 2 heterocycles. The lowest BCUT2D eigenvalue weighted by Crippen LogP contribution is -1.99. The van der Waals surface area contributed by atoms with Crippen LogP contribution in [-0.4, -0.2) is 32.1 Å². The Balaban J connectivity index is 1.64.